The fourth-order valence-electron chi connectivity index (χ4n) is 1.53. The predicted octanol–water partition coefficient (Wildman–Crippen LogP) is 1.82. The molecule has 0 bridgehead atoms. The summed E-state index contributed by atoms with van der Waals surface area (Å²) in [6.07, 6.45) is 1.28. The Morgan fingerprint density at radius 1 is 0.636 bits per heavy atom. The molecule has 0 aromatic heterocycles. The average Bonchev–Trinajstić information content (AvgIpc) is 2.56. The van der Waals surface area contributed by atoms with E-state index in [9.17, 15) is 19.2 Å². The van der Waals surface area contributed by atoms with Gasteiger partial charge in [-0.25, -0.2) is 9.59 Å². The Balaban J connectivity index is 1.97. The number of benzene rings is 2. The monoisotopic (exact) mass is 298 g/mol. The molecule has 0 amide bonds. The van der Waals surface area contributed by atoms with E-state index in [0.717, 1.165) is 0 Å². The quantitative estimate of drug-likeness (QED) is 0.370. The fraction of sp³-hybridized carbons (Fsp3) is 0. The molecule has 0 heterocycles. The van der Waals surface area contributed by atoms with Crippen LogP contribution in [0.4, 0.5) is 0 Å². The molecule has 2 aromatic carbocycles. The largest absolute Gasteiger partial charge is 0.423 e. The summed E-state index contributed by atoms with van der Waals surface area (Å²) in [4.78, 5) is 44.1. The first-order chi connectivity index (χ1) is 10.6. The zero-order valence-corrected chi connectivity index (χ0v) is 11.2. The number of hydrogen-bond donors (Lipinski definition) is 0. The molecule has 2 rings (SSSR count). The summed E-state index contributed by atoms with van der Waals surface area (Å²) < 4.78 is 9.61. The lowest BCUT2D eigenvalue weighted by Crippen LogP contribution is -2.25. The molecule has 0 unspecified atom stereocenters. The zero-order valence-electron chi connectivity index (χ0n) is 11.2. The normalized spacial score (nSPS) is 9.64. The van der Waals surface area contributed by atoms with Crippen molar-refractivity contribution in [2.75, 3.05) is 0 Å². The van der Waals surface area contributed by atoms with Gasteiger partial charge in [-0.3, -0.25) is 9.59 Å². The lowest BCUT2D eigenvalue weighted by molar-refractivity contribution is -0.156. The van der Waals surface area contributed by atoms with Gasteiger partial charge in [0.2, 0.25) is 0 Å². The molecule has 22 heavy (non-hydrogen) atoms. The van der Waals surface area contributed by atoms with E-state index in [2.05, 4.69) is 0 Å². The molecule has 0 aliphatic carbocycles. The van der Waals surface area contributed by atoms with Gasteiger partial charge in [0.15, 0.2) is 0 Å². The second-order valence-corrected chi connectivity index (χ2v) is 4.15. The Morgan fingerprint density at radius 3 is 1.23 bits per heavy atom. The van der Waals surface area contributed by atoms with Gasteiger partial charge in [-0.2, -0.15) is 0 Å². The molecular weight excluding hydrogens is 288 g/mol. The molecule has 0 aliphatic rings. The highest BCUT2D eigenvalue weighted by Crippen LogP contribution is 2.14. The molecule has 0 fully saturated rings. The van der Waals surface area contributed by atoms with E-state index >= 15 is 0 Å². The Morgan fingerprint density at radius 2 is 0.955 bits per heavy atom. The van der Waals surface area contributed by atoms with E-state index in [1.807, 2.05) is 0 Å². The van der Waals surface area contributed by atoms with Gasteiger partial charge >= 0.3 is 11.9 Å². The minimum Gasteiger partial charge on any atom is -0.418 e. The molecule has 0 atom stereocenters. The van der Waals surface area contributed by atoms with Gasteiger partial charge in [-0.1, -0.05) is 0 Å². The van der Waals surface area contributed by atoms with E-state index in [1.165, 1.54) is 48.5 Å². The Hall–Kier alpha value is -3.28. The smallest absolute Gasteiger partial charge is 0.418 e. The third kappa shape index (κ3) is 3.86. The van der Waals surface area contributed by atoms with Crippen LogP contribution >= 0.6 is 0 Å². The Labute approximate surface area is 125 Å². The van der Waals surface area contributed by atoms with Crippen molar-refractivity contribution < 1.29 is 28.7 Å². The van der Waals surface area contributed by atoms with Crippen molar-refractivity contribution in [2.24, 2.45) is 0 Å². The highest BCUT2D eigenvalue weighted by Gasteiger charge is 2.19. The van der Waals surface area contributed by atoms with Crippen LogP contribution in [0.5, 0.6) is 11.5 Å². The van der Waals surface area contributed by atoms with Gasteiger partial charge < -0.3 is 9.47 Å². The summed E-state index contributed by atoms with van der Waals surface area (Å²) in [5.41, 5.74) is 0.829. The predicted molar refractivity (Wildman–Crippen MR) is 74.9 cm³/mol. The number of rotatable bonds is 4. The van der Waals surface area contributed by atoms with Crippen LogP contribution < -0.4 is 9.47 Å². The van der Waals surface area contributed by atoms with E-state index in [0.29, 0.717) is 23.7 Å². The maximum Gasteiger partial charge on any atom is 0.423 e. The topological polar surface area (TPSA) is 86.7 Å². The molecule has 0 spiro atoms. The van der Waals surface area contributed by atoms with Crippen LogP contribution in [0.1, 0.15) is 20.7 Å². The molecule has 2 aromatic rings. The first-order valence-corrected chi connectivity index (χ1v) is 6.17. The van der Waals surface area contributed by atoms with Crippen molar-refractivity contribution in [2.45, 2.75) is 0 Å². The van der Waals surface area contributed by atoms with Gasteiger partial charge in [0.05, 0.1) is 0 Å². The maximum atomic E-state index is 11.6. The molecule has 110 valence electrons. The van der Waals surface area contributed by atoms with Gasteiger partial charge in [0, 0.05) is 11.1 Å². The minimum atomic E-state index is -1.20. The summed E-state index contributed by atoms with van der Waals surface area (Å²) in [5.74, 6) is -2.16. The maximum absolute atomic E-state index is 11.6. The van der Waals surface area contributed by atoms with Gasteiger partial charge in [0.1, 0.15) is 24.1 Å². The molecule has 0 aliphatic heterocycles. The van der Waals surface area contributed by atoms with E-state index in [1.54, 1.807) is 0 Å². The first kappa shape index (κ1) is 15.1. The second-order valence-electron chi connectivity index (χ2n) is 4.15. The van der Waals surface area contributed by atoms with Gasteiger partial charge in [-0.15, -0.1) is 0 Å². The number of carbonyl (C=O) groups excluding carboxylic acids is 4. The van der Waals surface area contributed by atoms with E-state index in [-0.39, 0.29) is 11.5 Å². The first-order valence-electron chi connectivity index (χ1n) is 6.17. The van der Waals surface area contributed by atoms with Gasteiger partial charge in [0.25, 0.3) is 0 Å². The zero-order chi connectivity index (χ0) is 15.9. The van der Waals surface area contributed by atoms with Crippen LogP contribution in [0, 0.1) is 0 Å². The summed E-state index contributed by atoms with van der Waals surface area (Å²) in [7, 11) is 0. The molecule has 0 N–H and O–H groups in total. The molecule has 6 heteroatoms. The minimum absolute atomic E-state index is 0.115. The second kappa shape index (κ2) is 6.94. The average molecular weight is 298 g/mol. The molecule has 0 saturated carbocycles. The highest BCUT2D eigenvalue weighted by atomic mass is 16.6. The van der Waals surface area contributed by atoms with Crippen LogP contribution in [0.25, 0.3) is 0 Å². The summed E-state index contributed by atoms with van der Waals surface area (Å²) in [6, 6.07) is 11.3. The third-order valence-corrected chi connectivity index (χ3v) is 2.62. The summed E-state index contributed by atoms with van der Waals surface area (Å²) >= 11 is 0. The number of aldehydes is 2. The standard InChI is InChI=1S/C16H10O6/c17-9-11-1-5-13(6-2-11)21-15(19)16(20)22-14-7-3-12(10-18)4-8-14/h1-10H. The Kier molecular flexibility index (Phi) is 4.77. The van der Waals surface area contributed by atoms with Crippen LogP contribution in [0.15, 0.2) is 48.5 Å². The van der Waals surface area contributed by atoms with Gasteiger partial charge in [-0.05, 0) is 48.5 Å². The molecule has 6 nitrogen and oxygen atoms in total. The molecular formula is C16H10O6. The van der Waals surface area contributed by atoms with Crippen molar-refractivity contribution in [3.8, 4) is 11.5 Å². The van der Waals surface area contributed by atoms with Crippen LogP contribution in [0.2, 0.25) is 0 Å². The van der Waals surface area contributed by atoms with Crippen LogP contribution in [-0.2, 0) is 9.59 Å². The lowest BCUT2D eigenvalue weighted by atomic mass is 10.2. The highest BCUT2D eigenvalue weighted by molar-refractivity contribution is 6.31. The number of esters is 2. The number of hydrogen-bond acceptors (Lipinski definition) is 6. The van der Waals surface area contributed by atoms with Crippen molar-refractivity contribution in [3.05, 3.63) is 59.7 Å². The van der Waals surface area contributed by atoms with Crippen LogP contribution in [0.3, 0.4) is 0 Å². The third-order valence-electron chi connectivity index (χ3n) is 2.62. The summed E-state index contributed by atoms with van der Waals surface area (Å²) in [6.45, 7) is 0. The summed E-state index contributed by atoms with van der Waals surface area (Å²) in [5, 5.41) is 0. The number of ether oxygens (including phenoxy) is 2. The lowest BCUT2D eigenvalue weighted by Gasteiger charge is -2.05. The van der Waals surface area contributed by atoms with Crippen molar-refractivity contribution in [1.29, 1.82) is 0 Å². The SMILES string of the molecule is O=Cc1ccc(OC(=O)C(=O)Oc2ccc(C=O)cc2)cc1. The molecule has 0 saturated heterocycles. The van der Waals surface area contributed by atoms with Crippen LogP contribution in [-0.4, -0.2) is 24.5 Å². The molecule has 0 radical (unpaired) electrons. The Bertz CT molecular complexity index is 637. The van der Waals surface area contributed by atoms with Crippen molar-refractivity contribution in [1.82, 2.24) is 0 Å². The fourth-order valence-corrected chi connectivity index (χ4v) is 1.53. The number of carbonyl (C=O) groups is 4. The van der Waals surface area contributed by atoms with E-state index in [4.69, 9.17) is 9.47 Å². The van der Waals surface area contributed by atoms with E-state index < -0.39 is 11.9 Å². The van der Waals surface area contributed by atoms with Crippen molar-refractivity contribution in [3.63, 3.8) is 0 Å². The van der Waals surface area contributed by atoms with Crippen molar-refractivity contribution >= 4 is 24.5 Å².